The van der Waals surface area contributed by atoms with Gasteiger partial charge in [-0.2, -0.15) is 0 Å². The first-order chi connectivity index (χ1) is 13.9. The number of carbonyl (C=O) groups is 1. The summed E-state index contributed by atoms with van der Waals surface area (Å²) < 4.78 is 0. The van der Waals surface area contributed by atoms with Crippen molar-refractivity contribution in [1.82, 2.24) is 4.90 Å². The fourth-order valence-electron chi connectivity index (χ4n) is 4.68. The molecule has 0 spiro atoms. The number of hydrogen-bond acceptors (Lipinski definition) is 3. The Morgan fingerprint density at radius 3 is 2.28 bits per heavy atom. The van der Waals surface area contributed by atoms with Gasteiger partial charge in [-0.05, 0) is 59.9 Å². The summed E-state index contributed by atoms with van der Waals surface area (Å²) in [5, 5.41) is 21.5. The van der Waals surface area contributed by atoms with Crippen LogP contribution in [-0.4, -0.2) is 46.8 Å². The van der Waals surface area contributed by atoms with Crippen LogP contribution in [0.2, 0.25) is 0 Å². The molecule has 0 radical (unpaired) electrons. The highest BCUT2D eigenvalue weighted by molar-refractivity contribution is 6.11. The van der Waals surface area contributed by atoms with E-state index in [4.69, 9.17) is 0 Å². The normalized spacial score (nSPS) is 19.1. The molecule has 29 heavy (non-hydrogen) atoms. The second-order valence-electron chi connectivity index (χ2n) is 8.20. The minimum absolute atomic E-state index is 0.0971. The first-order valence-electron chi connectivity index (χ1n) is 10.1. The fourth-order valence-corrected chi connectivity index (χ4v) is 4.68. The first kappa shape index (κ1) is 19.6. The molecular weight excluding hydrogens is 362 g/mol. The predicted octanol–water partition coefficient (Wildman–Crippen LogP) is 3.86. The van der Waals surface area contributed by atoms with Gasteiger partial charge in [0.15, 0.2) is 0 Å². The number of carbonyl (C=O) groups excluding carboxylic acids is 1. The number of nitrogens with zero attached hydrogens (tertiary/aromatic N) is 1. The number of fused-ring (bicyclic) bond motifs is 1. The van der Waals surface area contributed by atoms with Crippen molar-refractivity contribution in [2.24, 2.45) is 5.92 Å². The molecule has 0 bridgehead atoms. The third-order valence-corrected chi connectivity index (χ3v) is 6.03. The van der Waals surface area contributed by atoms with Crippen molar-refractivity contribution in [3.63, 3.8) is 0 Å². The Bertz CT molecular complexity index is 1070. The standard InChI is InChI=1S/C25H27NO3/c1-15-10-16(2)24(17(3)11-15)21-8-9-22(20-7-5-4-6-19(20)21)25(29)26-12-18(14-27)23(28)13-26/h4-11,18,23,27-28H,12-14H2,1-3H3/t18-,23+/m1/s1. The van der Waals surface area contributed by atoms with Crippen LogP contribution >= 0.6 is 0 Å². The molecule has 1 heterocycles. The van der Waals surface area contributed by atoms with Crippen LogP contribution in [0.1, 0.15) is 27.0 Å². The van der Waals surface area contributed by atoms with Gasteiger partial charge in [-0.25, -0.2) is 0 Å². The lowest BCUT2D eigenvalue weighted by atomic mass is 9.89. The van der Waals surface area contributed by atoms with Crippen molar-refractivity contribution in [3.8, 4) is 11.1 Å². The van der Waals surface area contributed by atoms with Crippen LogP contribution in [0.3, 0.4) is 0 Å². The minimum atomic E-state index is -0.674. The highest BCUT2D eigenvalue weighted by atomic mass is 16.3. The quantitative estimate of drug-likeness (QED) is 0.715. The number of likely N-dealkylation sites (tertiary alicyclic amines) is 1. The predicted molar refractivity (Wildman–Crippen MR) is 116 cm³/mol. The van der Waals surface area contributed by atoms with Crippen LogP contribution < -0.4 is 0 Å². The van der Waals surface area contributed by atoms with Gasteiger partial charge in [0.2, 0.25) is 0 Å². The number of benzene rings is 3. The number of aliphatic hydroxyl groups excluding tert-OH is 2. The van der Waals surface area contributed by atoms with Gasteiger partial charge >= 0.3 is 0 Å². The zero-order valence-electron chi connectivity index (χ0n) is 17.1. The molecule has 0 aliphatic carbocycles. The molecule has 0 saturated carbocycles. The number of aliphatic hydroxyl groups is 2. The van der Waals surface area contributed by atoms with Crippen molar-refractivity contribution in [2.75, 3.05) is 19.7 Å². The van der Waals surface area contributed by atoms with Crippen molar-refractivity contribution in [1.29, 1.82) is 0 Å². The molecule has 0 unspecified atom stereocenters. The van der Waals surface area contributed by atoms with Crippen molar-refractivity contribution in [3.05, 3.63) is 70.8 Å². The molecule has 3 aromatic rings. The van der Waals surface area contributed by atoms with Crippen molar-refractivity contribution >= 4 is 16.7 Å². The monoisotopic (exact) mass is 389 g/mol. The van der Waals surface area contributed by atoms with E-state index >= 15 is 0 Å². The molecular formula is C25H27NO3. The molecule has 1 aliphatic heterocycles. The summed E-state index contributed by atoms with van der Waals surface area (Å²) in [6.07, 6.45) is -0.674. The van der Waals surface area contributed by atoms with Crippen LogP contribution in [0.5, 0.6) is 0 Å². The number of amides is 1. The molecule has 2 atom stereocenters. The molecule has 1 saturated heterocycles. The Hall–Kier alpha value is -2.69. The Kier molecular flexibility index (Phi) is 5.15. The number of hydrogen-bond donors (Lipinski definition) is 2. The summed E-state index contributed by atoms with van der Waals surface area (Å²) in [6, 6.07) is 16.3. The third-order valence-electron chi connectivity index (χ3n) is 6.03. The average molecular weight is 389 g/mol. The molecule has 1 aliphatic rings. The first-order valence-corrected chi connectivity index (χ1v) is 10.1. The van der Waals surface area contributed by atoms with Gasteiger partial charge < -0.3 is 15.1 Å². The van der Waals surface area contributed by atoms with E-state index in [9.17, 15) is 15.0 Å². The molecule has 3 aromatic carbocycles. The van der Waals surface area contributed by atoms with E-state index in [1.807, 2.05) is 30.3 Å². The summed E-state index contributed by atoms with van der Waals surface area (Å²) in [6.45, 7) is 6.89. The van der Waals surface area contributed by atoms with E-state index in [1.54, 1.807) is 4.90 Å². The molecule has 1 amide bonds. The Labute approximate surface area is 171 Å². The summed E-state index contributed by atoms with van der Waals surface area (Å²) >= 11 is 0. The van der Waals surface area contributed by atoms with Gasteiger partial charge in [0.05, 0.1) is 12.7 Å². The number of rotatable bonds is 3. The number of β-amino-alcohol motifs (C(OH)–C–C–N with tert-alkyl or cyclic N) is 1. The van der Waals surface area contributed by atoms with Crippen molar-refractivity contribution < 1.29 is 15.0 Å². The average Bonchev–Trinajstić information content (AvgIpc) is 3.07. The van der Waals surface area contributed by atoms with E-state index in [1.165, 1.54) is 22.3 Å². The topological polar surface area (TPSA) is 60.8 Å². The van der Waals surface area contributed by atoms with Crippen LogP contribution in [0.4, 0.5) is 0 Å². The van der Waals surface area contributed by atoms with Crippen LogP contribution in [0.25, 0.3) is 21.9 Å². The zero-order valence-corrected chi connectivity index (χ0v) is 17.1. The van der Waals surface area contributed by atoms with E-state index in [2.05, 4.69) is 39.0 Å². The lowest BCUT2D eigenvalue weighted by Crippen LogP contribution is -2.29. The lowest BCUT2D eigenvalue weighted by molar-refractivity contribution is 0.0765. The lowest BCUT2D eigenvalue weighted by Gasteiger charge is -2.19. The van der Waals surface area contributed by atoms with Gasteiger partial charge in [-0.1, -0.05) is 48.0 Å². The highest BCUT2D eigenvalue weighted by Crippen LogP contribution is 2.36. The molecule has 150 valence electrons. The van der Waals surface area contributed by atoms with Gasteiger partial charge in [-0.3, -0.25) is 4.79 Å². The molecule has 0 aromatic heterocycles. The van der Waals surface area contributed by atoms with Crippen LogP contribution in [0.15, 0.2) is 48.5 Å². The molecule has 4 nitrogen and oxygen atoms in total. The Morgan fingerprint density at radius 2 is 1.66 bits per heavy atom. The highest BCUT2D eigenvalue weighted by Gasteiger charge is 2.34. The van der Waals surface area contributed by atoms with E-state index in [0.29, 0.717) is 12.1 Å². The van der Waals surface area contributed by atoms with Gasteiger partial charge in [0.25, 0.3) is 5.91 Å². The third kappa shape index (κ3) is 3.43. The summed E-state index contributed by atoms with van der Waals surface area (Å²) in [5.74, 6) is -0.373. The SMILES string of the molecule is Cc1cc(C)c(-c2ccc(C(=O)N3C[C@H](CO)[C@@H](O)C3)c3ccccc23)c(C)c1. The second kappa shape index (κ2) is 7.62. The molecule has 2 N–H and O–H groups in total. The molecule has 1 fully saturated rings. The summed E-state index contributed by atoms with van der Waals surface area (Å²) in [5.41, 5.74) is 6.66. The van der Waals surface area contributed by atoms with E-state index < -0.39 is 6.10 Å². The largest absolute Gasteiger partial charge is 0.396 e. The van der Waals surface area contributed by atoms with Crippen LogP contribution in [-0.2, 0) is 0 Å². The Balaban J connectivity index is 1.83. The smallest absolute Gasteiger partial charge is 0.254 e. The van der Waals surface area contributed by atoms with Gasteiger partial charge in [-0.15, -0.1) is 0 Å². The van der Waals surface area contributed by atoms with E-state index in [-0.39, 0.29) is 25.0 Å². The minimum Gasteiger partial charge on any atom is -0.396 e. The van der Waals surface area contributed by atoms with Gasteiger partial charge in [0, 0.05) is 24.6 Å². The zero-order chi connectivity index (χ0) is 20.7. The maximum Gasteiger partial charge on any atom is 0.254 e. The molecule has 4 rings (SSSR count). The fraction of sp³-hybridized carbons (Fsp3) is 0.320. The second-order valence-corrected chi connectivity index (χ2v) is 8.20. The summed E-state index contributed by atoms with van der Waals surface area (Å²) in [4.78, 5) is 14.9. The van der Waals surface area contributed by atoms with Crippen molar-refractivity contribution in [2.45, 2.75) is 26.9 Å². The molecule has 4 heteroatoms. The maximum atomic E-state index is 13.2. The maximum absolute atomic E-state index is 13.2. The van der Waals surface area contributed by atoms with E-state index in [0.717, 1.165) is 16.3 Å². The Morgan fingerprint density at radius 1 is 1.00 bits per heavy atom. The van der Waals surface area contributed by atoms with Gasteiger partial charge in [0.1, 0.15) is 0 Å². The summed E-state index contributed by atoms with van der Waals surface area (Å²) in [7, 11) is 0. The number of aryl methyl sites for hydroxylation is 3. The van der Waals surface area contributed by atoms with Crippen LogP contribution in [0, 0.1) is 26.7 Å².